The van der Waals surface area contributed by atoms with Crippen molar-refractivity contribution in [3.63, 3.8) is 0 Å². The molecule has 8 nitrogen and oxygen atoms in total. The molecule has 0 fully saturated rings. The van der Waals surface area contributed by atoms with Gasteiger partial charge in [0.2, 0.25) is 0 Å². The van der Waals surface area contributed by atoms with Gasteiger partial charge in [-0.2, -0.15) is 0 Å². The maximum Gasteiger partial charge on any atom is 0.530 e. The van der Waals surface area contributed by atoms with Gasteiger partial charge in [0.25, 0.3) is 0 Å². The molecule has 7 rings (SSSR count). The largest absolute Gasteiger partial charge is 0.530 e. The average molecular weight is 789 g/mol. The highest BCUT2D eigenvalue weighted by atomic mass is 31.2. The van der Waals surface area contributed by atoms with E-state index in [0.717, 1.165) is 69.0 Å². The Balaban J connectivity index is 1.43. The van der Waals surface area contributed by atoms with Gasteiger partial charge in [-0.25, -0.2) is 0 Å². The molecule has 1 aromatic heterocycles. The van der Waals surface area contributed by atoms with Crippen molar-refractivity contribution >= 4 is 38.8 Å². The van der Waals surface area contributed by atoms with Crippen LogP contribution in [-0.2, 0) is 6.42 Å². The predicted octanol–water partition coefficient (Wildman–Crippen LogP) is 14.2. The summed E-state index contributed by atoms with van der Waals surface area (Å²) in [4.78, 5) is 0. The lowest BCUT2D eigenvalue weighted by Crippen LogP contribution is -2.04. The van der Waals surface area contributed by atoms with E-state index in [4.69, 9.17) is 36.0 Å². The zero-order valence-electron chi connectivity index (χ0n) is 32.8. The van der Waals surface area contributed by atoms with Gasteiger partial charge in [-0.15, -0.1) is 0 Å². The van der Waals surface area contributed by atoms with Crippen LogP contribution in [0, 0.1) is 27.7 Å². The van der Waals surface area contributed by atoms with Crippen molar-refractivity contribution in [2.24, 2.45) is 0 Å². The van der Waals surface area contributed by atoms with Gasteiger partial charge < -0.3 is 36.0 Å². The molecule has 0 amide bonds. The number of benzene rings is 6. The van der Waals surface area contributed by atoms with E-state index >= 15 is 0 Å². The number of methoxy groups -OCH3 is 2. The lowest BCUT2D eigenvalue weighted by atomic mass is 9.97. The average Bonchev–Trinajstić information content (AvgIpc) is 3.35. The SMILES string of the molecule is CCCCc1cc(OC)cc(-c2cc(OC)ccc2OP(Oc2ccccc2)Oc2ccccc2)c1Op1oc2c(C)cc(C)cc2c2cc(C)cc(C)c2o1. The Labute approximate surface area is 330 Å². The molecule has 0 spiro atoms. The second kappa shape index (κ2) is 17.5. The van der Waals surface area contributed by atoms with Gasteiger partial charge in [-0.05, 0) is 135 Å². The molecule has 288 valence electrons. The van der Waals surface area contributed by atoms with Gasteiger partial charge in [-0.3, -0.25) is 0 Å². The number of hydrogen-bond acceptors (Lipinski definition) is 8. The molecule has 6 aromatic carbocycles. The molecule has 1 heterocycles. The molecule has 10 heteroatoms. The van der Waals surface area contributed by atoms with E-state index in [1.807, 2.05) is 91.0 Å². The van der Waals surface area contributed by atoms with Crippen LogP contribution in [0.15, 0.2) is 124 Å². The van der Waals surface area contributed by atoms with Crippen molar-refractivity contribution in [1.29, 1.82) is 0 Å². The second-order valence-electron chi connectivity index (χ2n) is 13.7. The Kier molecular flexibility index (Phi) is 12.1. The van der Waals surface area contributed by atoms with Gasteiger partial charge in [-0.1, -0.05) is 61.9 Å². The minimum atomic E-state index is -2.01. The third-order valence-electron chi connectivity index (χ3n) is 9.30. The fraction of sp³-hybridized carbons (Fsp3) is 0.217. The van der Waals surface area contributed by atoms with Crippen LogP contribution in [0.2, 0.25) is 0 Å². The van der Waals surface area contributed by atoms with Gasteiger partial charge in [0.05, 0.1) is 14.2 Å². The van der Waals surface area contributed by atoms with Crippen molar-refractivity contribution in [1.82, 2.24) is 0 Å². The third kappa shape index (κ3) is 8.78. The van der Waals surface area contributed by atoms with Crippen LogP contribution in [0.5, 0.6) is 34.5 Å². The minimum absolute atomic E-state index is 0.493. The highest BCUT2D eigenvalue weighted by molar-refractivity contribution is 7.43. The Morgan fingerprint density at radius 2 is 1.12 bits per heavy atom. The summed E-state index contributed by atoms with van der Waals surface area (Å²) in [5, 5.41) is 1.96. The molecule has 0 unspecified atom stereocenters. The molecule has 0 radical (unpaired) electrons. The Morgan fingerprint density at radius 3 is 1.66 bits per heavy atom. The van der Waals surface area contributed by atoms with Crippen molar-refractivity contribution in [2.75, 3.05) is 14.2 Å². The molecule has 0 aliphatic rings. The van der Waals surface area contributed by atoms with E-state index in [1.54, 1.807) is 14.2 Å². The Bertz CT molecular complexity index is 2390. The van der Waals surface area contributed by atoms with Crippen molar-refractivity contribution in [2.45, 2.75) is 53.9 Å². The molecule has 56 heavy (non-hydrogen) atoms. The Morgan fingerprint density at radius 1 is 0.571 bits per heavy atom. The minimum Gasteiger partial charge on any atom is -0.497 e. The number of hydrogen-bond donors (Lipinski definition) is 0. The predicted molar refractivity (Wildman–Crippen MR) is 227 cm³/mol. The zero-order chi connectivity index (χ0) is 39.2. The highest BCUT2D eigenvalue weighted by Gasteiger charge is 2.26. The van der Waals surface area contributed by atoms with Gasteiger partial charge >= 0.3 is 16.8 Å². The normalized spacial score (nSPS) is 11.1. The summed E-state index contributed by atoms with van der Waals surface area (Å²) < 4.78 is 51.8. The first-order valence-electron chi connectivity index (χ1n) is 18.6. The first-order chi connectivity index (χ1) is 27.2. The van der Waals surface area contributed by atoms with Gasteiger partial charge in [0.1, 0.15) is 45.7 Å². The molecule has 0 bridgehead atoms. The summed E-state index contributed by atoms with van der Waals surface area (Å²) in [6.45, 7) is 10.5. The van der Waals surface area contributed by atoms with Crippen LogP contribution in [0.1, 0.15) is 47.6 Å². The molecule has 0 N–H and O–H groups in total. The number of unbranched alkanes of at least 4 members (excludes halogenated alkanes) is 1. The van der Waals surface area contributed by atoms with Crippen LogP contribution in [-0.4, -0.2) is 14.2 Å². The number of aryl methyl sites for hydroxylation is 5. The fourth-order valence-electron chi connectivity index (χ4n) is 6.67. The molecular weight excluding hydrogens is 742 g/mol. The van der Waals surface area contributed by atoms with Crippen molar-refractivity contribution < 1.29 is 36.0 Å². The van der Waals surface area contributed by atoms with Crippen LogP contribution in [0.25, 0.3) is 33.1 Å². The Hall–Kier alpha value is -5.55. The lowest BCUT2D eigenvalue weighted by molar-refractivity contribution is 0.387. The molecule has 0 saturated heterocycles. The van der Waals surface area contributed by atoms with Crippen LogP contribution in [0.3, 0.4) is 0 Å². The van der Waals surface area contributed by atoms with E-state index in [2.05, 4.69) is 58.9 Å². The summed E-state index contributed by atoms with van der Waals surface area (Å²) in [6.07, 6.45) is 2.63. The van der Waals surface area contributed by atoms with E-state index in [9.17, 15) is 0 Å². The monoisotopic (exact) mass is 788 g/mol. The highest BCUT2D eigenvalue weighted by Crippen LogP contribution is 2.51. The summed E-state index contributed by atoms with van der Waals surface area (Å²) in [7, 11) is -0.709. The van der Waals surface area contributed by atoms with Crippen LogP contribution >= 0.6 is 16.8 Å². The first-order valence-corrected chi connectivity index (χ1v) is 20.8. The van der Waals surface area contributed by atoms with Crippen LogP contribution in [0.4, 0.5) is 0 Å². The molecule has 0 aliphatic heterocycles. The topological polar surface area (TPSA) is 81.7 Å². The molecule has 0 saturated carbocycles. The van der Waals surface area contributed by atoms with E-state index < -0.39 is 16.8 Å². The smallest absolute Gasteiger partial charge is 0.497 e. The van der Waals surface area contributed by atoms with E-state index in [0.29, 0.717) is 45.6 Å². The maximum atomic E-state index is 7.07. The zero-order valence-corrected chi connectivity index (χ0v) is 34.5. The summed E-state index contributed by atoms with van der Waals surface area (Å²) in [6, 6.07) is 37.1. The third-order valence-corrected chi connectivity index (χ3v) is 11.4. The molecule has 7 aromatic rings. The first kappa shape index (κ1) is 38.7. The van der Waals surface area contributed by atoms with Crippen molar-refractivity contribution in [3.05, 3.63) is 143 Å². The number of fused-ring (bicyclic) bond motifs is 3. The number of ether oxygens (including phenoxy) is 2. The second-order valence-corrected chi connectivity index (χ2v) is 15.7. The van der Waals surface area contributed by atoms with E-state index in [-0.39, 0.29) is 0 Å². The quantitative estimate of drug-likeness (QED) is 0.101. The summed E-state index contributed by atoms with van der Waals surface area (Å²) in [5.74, 6) is 3.60. The summed E-state index contributed by atoms with van der Waals surface area (Å²) >= 11 is 0. The molecule has 0 atom stereocenters. The maximum absolute atomic E-state index is 7.07. The number of rotatable bonds is 14. The lowest BCUT2D eigenvalue weighted by Gasteiger charge is -2.22. The molecule has 0 aliphatic carbocycles. The van der Waals surface area contributed by atoms with Crippen molar-refractivity contribution in [3.8, 4) is 45.6 Å². The van der Waals surface area contributed by atoms with E-state index in [1.165, 1.54) is 0 Å². The number of para-hydroxylation sites is 2. The van der Waals surface area contributed by atoms with Gasteiger partial charge in [0.15, 0.2) is 0 Å². The molecular formula is C46H46O8P2. The van der Waals surface area contributed by atoms with Gasteiger partial charge in [0, 0.05) is 21.9 Å². The fourth-order valence-corrected chi connectivity index (χ4v) is 8.94. The summed E-state index contributed by atoms with van der Waals surface area (Å²) in [5.41, 5.74) is 8.09. The standard InChI is InChI=1S/C46H46O8P2/c1-8-9-16-34-27-38(48-7)29-42(46(34)54-56-52-44-32(4)23-30(2)25-40(44)41-26-31(3)24-33(5)45(41)53-56)39-28-37(47-6)21-22-43(39)51-55(49-35-17-12-10-13-18-35)50-36-19-14-11-15-20-36/h10-15,17-29H,8-9,16H2,1-7H3. The van der Waals surface area contributed by atoms with Crippen LogP contribution < -0.4 is 27.6 Å².